The smallest absolute Gasteiger partial charge is 0.315 e. The van der Waals surface area contributed by atoms with E-state index in [0.717, 1.165) is 0 Å². The first-order valence-electron chi connectivity index (χ1n) is 6.47. The standard InChI is InChI=1S/C12H22N2O5/c1-7(2)13-12(18)14-9-4-3-8(5-11(16)17)19-10(9)6-15/h7-10,15H,3-6H2,1-2H3,(H,16,17)(H2,13,14,18)/t8-,9-,10+/m1/s1. The van der Waals surface area contributed by atoms with E-state index in [1.54, 1.807) is 0 Å². The summed E-state index contributed by atoms with van der Waals surface area (Å²) in [6.45, 7) is 3.45. The summed E-state index contributed by atoms with van der Waals surface area (Å²) < 4.78 is 5.49. The molecule has 0 bridgehead atoms. The highest BCUT2D eigenvalue weighted by Gasteiger charge is 2.32. The normalized spacial score (nSPS) is 27.1. The molecular weight excluding hydrogens is 252 g/mol. The summed E-state index contributed by atoms with van der Waals surface area (Å²) in [5.74, 6) is -0.925. The molecule has 0 radical (unpaired) electrons. The van der Waals surface area contributed by atoms with Crippen molar-refractivity contribution in [1.82, 2.24) is 10.6 Å². The lowest BCUT2D eigenvalue weighted by molar-refractivity contribution is -0.145. The fourth-order valence-corrected chi connectivity index (χ4v) is 2.11. The number of nitrogens with one attached hydrogen (secondary N) is 2. The lowest BCUT2D eigenvalue weighted by atomic mass is 9.97. The van der Waals surface area contributed by atoms with Crippen molar-refractivity contribution in [2.75, 3.05) is 6.61 Å². The molecule has 1 saturated heterocycles. The molecule has 1 aliphatic rings. The Balaban J connectivity index is 2.47. The minimum atomic E-state index is -0.925. The molecule has 4 N–H and O–H groups in total. The molecule has 1 heterocycles. The number of aliphatic carboxylic acids is 1. The highest BCUT2D eigenvalue weighted by Crippen LogP contribution is 2.21. The van der Waals surface area contributed by atoms with Crippen molar-refractivity contribution in [3.8, 4) is 0 Å². The fraction of sp³-hybridized carbons (Fsp3) is 0.833. The number of ether oxygens (including phenoxy) is 1. The summed E-state index contributed by atoms with van der Waals surface area (Å²) in [6, 6.07) is -0.579. The van der Waals surface area contributed by atoms with Crippen molar-refractivity contribution in [3.63, 3.8) is 0 Å². The van der Waals surface area contributed by atoms with Crippen molar-refractivity contribution in [3.05, 3.63) is 0 Å². The molecule has 7 heteroatoms. The number of carbonyl (C=O) groups excluding carboxylic acids is 1. The zero-order valence-corrected chi connectivity index (χ0v) is 11.3. The Hall–Kier alpha value is -1.34. The summed E-state index contributed by atoms with van der Waals surface area (Å²) in [5, 5.41) is 23.4. The Morgan fingerprint density at radius 3 is 2.58 bits per heavy atom. The van der Waals surface area contributed by atoms with E-state index in [2.05, 4.69) is 10.6 Å². The minimum absolute atomic E-state index is 0.0249. The van der Waals surface area contributed by atoms with Gasteiger partial charge >= 0.3 is 12.0 Å². The number of hydrogen-bond acceptors (Lipinski definition) is 4. The van der Waals surface area contributed by atoms with Crippen LogP contribution in [0.5, 0.6) is 0 Å². The summed E-state index contributed by atoms with van der Waals surface area (Å²) in [6.07, 6.45) is 0.0998. The minimum Gasteiger partial charge on any atom is -0.481 e. The van der Waals surface area contributed by atoms with E-state index >= 15 is 0 Å². The van der Waals surface area contributed by atoms with E-state index in [4.69, 9.17) is 9.84 Å². The number of hydrogen-bond donors (Lipinski definition) is 4. The predicted octanol–water partition coefficient (Wildman–Crippen LogP) is 0.0772. The highest BCUT2D eigenvalue weighted by molar-refractivity contribution is 5.74. The SMILES string of the molecule is CC(C)NC(=O)N[C@@H]1CC[C@H](CC(=O)O)O[C@H]1CO. The van der Waals surface area contributed by atoms with E-state index in [9.17, 15) is 14.7 Å². The third-order valence-electron chi connectivity index (χ3n) is 2.93. The van der Waals surface area contributed by atoms with Crippen LogP contribution in [0.1, 0.15) is 33.1 Å². The van der Waals surface area contributed by atoms with Crippen molar-refractivity contribution in [2.45, 2.75) is 57.4 Å². The second-order valence-corrected chi connectivity index (χ2v) is 5.03. The zero-order valence-electron chi connectivity index (χ0n) is 11.3. The Kier molecular flexibility index (Phi) is 6.04. The van der Waals surface area contributed by atoms with Crippen LogP contribution in [0.15, 0.2) is 0 Å². The van der Waals surface area contributed by atoms with E-state index < -0.39 is 18.2 Å². The van der Waals surface area contributed by atoms with Crippen LogP contribution in [0.3, 0.4) is 0 Å². The molecule has 1 aliphatic heterocycles. The molecule has 110 valence electrons. The quantitative estimate of drug-likeness (QED) is 0.568. The van der Waals surface area contributed by atoms with Gasteiger partial charge in [-0.05, 0) is 26.7 Å². The molecule has 3 atom stereocenters. The van der Waals surface area contributed by atoms with E-state index in [1.807, 2.05) is 13.8 Å². The van der Waals surface area contributed by atoms with Crippen molar-refractivity contribution in [1.29, 1.82) is 0 Å². The lowest BCUT2D eigenvalue weighted by Gasteiger charge is -2.35. The number of rotatable bonds is 5. The molecule has 0 unspecified atom stereocenters. The largest absolute Gasteiger partial charge is 0.481 e. The van der Waals surface area contributed by atoms with E-state index in [-0.39, 0.29) is 31.1 Å². The monoisotopic (exact) mass is 274 g/mol. The van der Waals surface area contributed by atoms with Gasteiger partial charge in [0.05, 0.1) is 25.2 Å². The van der Waals surface area contributed by atoms with E-state index in [0.29, 0.717) is 12.8 Å². The molecule has 0 aliphatic carbocycles. The van der Waals surface area contributed by atoms with Crippen LogP contribution in [-0.4, -0.2) is 53.1 Å². The van der Waals surface area contributed by atoms with Gasteiger partial charge in [0.25, 0.3) is 0 Å². The Morgan fingerprint density at radius 1 is 1.37 bits per heavy atom. The van der Waals surface area contributed by atoms with Crippen LogP contribution in [0.2, 0.25) is 0 Å². The lowest BCUT2D eigenvalue weighted by Crippen LogP contribution is -2.54. The molecule has 19 heavy (non-hydrogen) atoms. The van der Waals surface area contributed by atoms with Gasteiger partial charge in [-0.1, -0.05) is 0 Å². The average molecular weight is 274 g/mol. The first-order valence-corrected chi connectivity index (χ1v) is 6.47. The molecule has 0 spiro atoms. The second-order valence-electron chi connectivity index (χ2n) is 5.03. The summed E-state index contributed by atoms with van der Waals surface area (Å²) in [7, 11) is 0. The maximum absolute atomic E-state index is 11.6. The molecule has 0 aromatic rings. The van der Waals surface area contributed by atoms with Crippen LogP contribution < -0.4 is 10.6 Å². The van der Waals surface area contributed by atoms with Gasteiger partial charge in [0.1, 0.15) is 6.10 Å². The molecular formula is C12H22N2O5. The van der Waals surface area contributed by atoms with Gasteiger partial charge in [-0.15, -0.1) is 0 Å². The highest BCUT2D eigenvalue weighted by atomic mass is 16.5. The molecule has 0 aromatic heterocycles. The average Bonchev–Trinajstić information content (AvgIpc) is 2.29. The van der Waals surface area contributed by atoms with Crippen molar-refractivity contribution >= 4 is 12.0 Å². The molecule has 2 amide bonds. The topological polar surface area (TPSA) is 108 Å². The molecule has 0 aromatic carbocycles. The Morgan fingerprint density at radius 2 is 2.05 bits per heavy atom. The van der Waals surface area contributed by atoms with Crippen molar-refractivity contribution < 1.29 is 24.5 Å². The number of urea groups is 1. The van der Waals surface area contributed by atoms with Crippen LogP contribution in [-0.2, 0) is 9.53 Å². The van der Waals surface area contributed by atoms with Gasteiger partial charge in [0, 0.05) is 6.04 Å². The summed E-state index contributed by atoms with van der Waals surface area (Å²) >= 11 is 0. The van der Waals surface area contributed by atoms with Crippen LogP contribution >= 0.6 is 0 Å². The maximum Gasteiger partial charge on any atom is 0.315 e. The number of amides is 2. The zero-order chi connectivity index (χ0) is 14.4. The van der Waals surface area contributed by atoms with E-state index in [1.165, 1.54) is 0 Å². The van der Waals surface area contributed by atoms with Crippen LogP contribution in [0.25, 0.3) is 0 Å². The molecule has 1 fully saturated rings. The van der Waals surface area contributed by atoms with Gasteiger partial charge in [-0.3, -0.25) is 4.79 Å². The molecule has 0 saturated carbocycles. The predicted molar refractivity (Wildman–Crippen MR) is 67.8 cm³/mol. The summed E-state index contributed by atoms with van der Waals surface area (Å²) in [4.78, 5) is 22.2. The second kappa shape index (κ2) is 7.30. The number of carboxylic acids is 1. The van der Waals surface area contributed by atoms with Gasteiger partial charge < -0.3 is 25.6 Å². The van der Waals surface area contributed by atoms with Gasteiger partial charge in [-0.2, -0.15) is 0 Å². The third-order valence-corrected chi connectivity index (χ3v) is 2.93. The van der Waals surface area contributed by atoms with Gasteiger partial charge in [0.2, 0.25) is 0 Å². The van der Waals surface area contributed by atoms with Crippen molar-refractivity contribution in [2.24, 2.45) is 0 Å². The van der Waals surface area contributed by atoms with Crippen LogP contribution in [0, 0.1) is 0 Å². The first-order chi connectivity index (χ1) is 8.92. The van der Waals surface area contributed by atoms with Crippen LogP contribution in [0.4, 0.5) is 4.79 Å². The maximum atomic E-state index is 11.6. The Labute approximate surface area is 112 Å². The number of aliphatic hydroxyl groups excluding tert-OH is 1. The fourth-order valence-electron chi connectivity index (χ4n) is 2.11. The van der Waals surface area contributed by atoms with Gasteiger partial charge in [-0.25, -0.2) is 4.79 Å². The number of aliphatic hydroxyl groups is 1. The molecule has 1 rings (SSSR count). The third kappa shape index (κ3) is 5.44. The summed E-state index contributed by atoms with van der Waals surface area (Å²) in [5.41, 5.74) is 0. The Bertz CT molecular complexity index is 321. The number of carboxylic acid groups (broad SMARTS) is 1. The first kappa shape index (κ1) is 15.7. The van der Waals surface area contributed by atoms with Gasteiger partial charge in [0.15, 0.2) is 0 Å². The number of carbonyl (C=O) groups is 2. The molecule has 7 nitrogen and oxygen atoms in total.